The van der Waals surface area contributed by atoms with Gasteiger partial charge in [0.2, 0.25) is 17.7 Å². The van der Waals surface area contributed by atoms with E-state index in [9.17, 15) is 18.0 Å². The number of anilines is 1. The summed E-state index contributed by atoms with van der Waals surface area (Å²) in [7, 11) is 0. The summed E-state index contributed by atoms with van der Waals surface area (Å²) in [5.74, 6) is -0.984. The predicted octanol–water partition coefficient (Wildman–Crippen LogP) is 2.63. The molecule has 1 fully saturated rings. The Morgan fingerprint density at radius 3 is 2.69 bits per heavy atom. The van der Waals surface area contributed by atoms with Crippen LogP contribution in [0.3, 0.4) is 0 Å². The molecule has 0 bridgehead atoms. The molecule has 1 saturated heterocycles. The summed E-state index contributed by atoms with van der Waals surface area (Å²) < 4.78 is 41.1. The van der Waals surface area contributed by atoms with E-state index in [4.69, 9.17) is 0 Å². The first-order chi connectivity index (χ1) is 13.9. The summed E-state index contributed by atoms with van der Waals surface area (Å²) in [6.45, 7) is 0.820. The number of hydrogen-bond donors (Lipinski definition) is 1. The standard InChI is InChI=1S/C19H19F3N6O/c20-19(21,22)17-26-14-6-1-2-7-15(14)28(17)12-16(29)25-13-5-3-10-27(11-13)18-23-8-4-9-24-18/h1-2,4,6-9,13H,3,5,10-12H2,(H,25,29). The van der Waals surface area contributed by atoms with Crippen molar-refractivity contribution in [3.8, 4) is 0 Å². The first-order valence-corrected chi connectivity index (χ1v) is 9.25. The van der Waals surface area contributed by atoms with E-state index in [1.807, 2.05) is 4.90 Å². The molecule has 0 aliphatic carbocycles. The van der Waals surface area contributed by atoms with E-state index in [0.29, 0.717) is 12.5 Å². The maximum atomic E-state index is 13.4. The van der Waals surface area contributed by atoms with Crippen molar-refractivity contribution in [3.05, 3.63) is 48.5 Å². The number of para-hydroxylation sites is 2. The maximum absolute atomic E-state index is 13.4. The summed E-state index contributed by atoms with van der Waals surface area (Å²) in [6, 6.07) is 7.79. The average Bonchev–Trinajstić information content (AvgIpc) is 3.08. The summed E-state index contributed by atoms with van der Waals surface area (Å²) in [5, 5.41) is 2.85. The molecule has 1 aliphatic rings. The van der Waals surface area contributed by atoms with Crippen molar-refractivity contribution in [1.29, 1.82) is 0 Å². The summed E-state index contributed by atoms with van der Waals surface area (Å²) in [6.07, 6.45) is 0.211. The van der Waals surface area contributed by atoms with E-state index in [2.05, 4.69) is 20.3 Å². The zero-order valence-electron chi connectivity index (χ0n) is 15.4. The van der Waals surface area contributed by atoms with Gasteiger partial charge in [0, 0.05) is 31.5 Å². The second kappa shape index (κ2) is 7.69. The fourth-order valence-electron chi connectivity index (χ4n) is 3.60. The van der Waals surface area contributed by atoms with Crippen LogP contribution in [0.1, 0.15) is 18.7 Å². The smallest absolute Gasteiger partial charge is 0.350 e. The molecule has 0 saturated carbocycles. The van der Waals surface area contributed by atoms with E-state index in [1.165, 1.54) is 12.1 Å². The molecule has 3 heterocycles. The fraction of sp³-hybridized carbons (Fsp3) is 0.368. The van der Waals surface area contributed by atoms with E-state index in [1.54, 1.807) is 30.6 Å². The predicted molar refractivity (Wildman–Crippen MR) is 100 cm³/mol. The lowest BCUT2D eigenvalue weighted by Crippen LogP contribution is -2.49. The van der Waals surface area contributed by atoms with Crippen LogP contribution >= 0.6 is 0 Å². The van der Waals surface area contributed by atoms with E-state index in [0.717, 1.165) is 24.0 Å². The molecule has 152 valence electrons. The molecule has 3 aromatic rings. The Morgan fingerprint density at radius 1 is 1.17 bits per heavy atom. The lowest BCUT2D eigenvalue weighted by Gasteiger charge is -2.33. The molecule has 0 radical (unpaired) electrons. The minimum Gasteiger partial charge on any atom is -0.350 e. The van der Waals surface area contributed by atoms with Gasteiger partial charge in [-0.25, -0.2) is 15.0 Å². The second-order valence-electron chi connectivity index (χ2n) is 6.91. The van der Waals surface area contributed by atoms with Crippen molar-refractivity contribution in [1.82, 2.24) is 24.8 Å². The lowest BCUT2D eigenvalue weighted by molar-refractivity contribution is -0.147. The Kier molecular flexibility index (Phi) is 5.08. The van der Waals surface area contributed by atoms with Gasteiger partial charge in [0.1, 0.15) is 6.54 Å². The van der Waals surface area contributed by atoms with Gasteiger partial charge in [-0.3, -0.25) is 4.79 Å². The quantitative estimate of drug-likeness (QED) is 0.724. The third kappa shape index (κ3) is 4.15. The van der Waals surface area contributed by atoms with Gasteiger partial charge in [-0.05, 0) is 31.0 Å². The van der Waals surface area contributed by atoms with Crippen LogP contribution in [0, 0.1) is 0 Å². The Balaban J connectivity index is 1.49. The number of carbonyl (C=O) groups excluding carboxylic acids is 1. The van der Waals surface area contributed by atoms with Crippen molar-refractivity contribution in [2.45, 2.75) is 31.6 Å². The Hall–Kier alpha value is -3.17. The number of amides is 1. The molecule has 0 spiro atoms. The zero-order chi connectivity index (χ0) is 20.4. The normalized spacial score (nSPS) is 17.5. The molecule has 2 aromatic heterocycles. The first-order valence-electron chi connectivity index (χ1n) is 9.25. The first kappa shape index (κ1) is 19.2. The number of aromatic nitrogens is 4. The molecule has 1 aliphatic heterocycles. The van der Waals surface area contributed by atoms with Gasteiger partial charge in [0.15, 0.2) is 0 Å². The van der Waals surface area contributed by atoms with Crippen LogP contribution in [0.15, 0.2) is 42.7 Å². The Bertz CT molecular complexity index is 1000. The van der Waals surface area contributed by atoms with Crippen molar-refractivity contribution in [2.24, 2.45) is 0 Å². The zero-order valence-corrected chi connectivity index (χ0v) is 15.4. The molecule has 29 heavy (non-hydrogen) atoms. The Labute approximate surface area is 164 Å². The molecule has 4 rings (SSSR count). The van der Waals surface area contributed by atoms with Crippen LogP contribution in [0.4, 0.5) is 19.1 Å². The molecule has 1 amide bonds. The topological polar surface area (TPSA) is 75.9 Å². The number of alkyl halides is 3. The maximum Gasteiger partial charge on any atom is 0.449 e. The third-order valence-electron chi connectivity index (χ3n) is 4.83. The van der Waals surface area contributed by atoms with Crippen LogP contribution in [-0.4, -0.2) is 44.6 Å². The Morgan fingerprint density at radius 2 is 1.93 bits per heavy atom. The number of fused-ring (bicyclic) bond motifs is 1. The van der Waals surface area contributed by atoms with Gasteiger partial charge in [0.05, 0.1) is 11.0 Å². The number of rotatable bonds is 4. The minimum atomic E-state index is -4.65. The molecule has 1 N–H and O–H groups in total. The molecular weight excluding hydrogens is 385 g/mol. The minimum absolute atomic E-state index is 0.191. The van der Waals surface area contributed by atoms with Gasteiger partial charge < -0.3 is 14.8 Å². The SMILES string of the molecule is O=C(Cn1c(C(F)(F)F)nc2ccccc21)NC1CCCN(c2ncccn2)C1. The van der Waals surface area contributed by atoms with Crippen LogP contribution in [0.5, 0.6) is 0 Å². The van der Waals surface area contributed by atoms with Gasteiger partial charge in [-0.1, -0.05) is 12.1 Å². The molecule has 1 atom stereocenters. The number of halogens is 3. The average molecular weight is 404 g/mol. The van der Waals surface area contributed by atoms with Crippen molar-refractivity contribution in [2.75, 3.05) is 18.0 Å². The monoisotopic (exact) mass is 404 g/mol. The largest absolute Gasteiger partial charge is 0.449 e. The van der Waals surface area contributed by atoms with Crippen molar-refractivity contribution >= 4 is 22.9 Å². The van der Waals surface area contributed by atoms with E-state index >= 15 is 0 Å². The van der Waals surface area contributed by atoms with Crippen LogP contribution in [-0.2, 0) is 17.5 Å². The van der Waals surface area contributed by atoms with Gasteiger partial charge in [-0.15, -0.1) is 0 Å². The number of nitrogens with zero attached hydrogens (tertiary/aromatic N) is 5. The number of imidazole rings is 1. The number of carbonyl (C=O) groups is 1. The highest BCUT2D eigenvalue weighted by Crippen LogP contribution is 2.31. The molecule has 10 heteroatoms. The highest BCUT2D eigenvalue weighted by atomic mass is 19.4. The summed E-state index contributed by atoms with van der Waals surface area (Å²) >= 11 is 0. The van der Waals surface area contributed by atoms with E-state index in [-0.39, 0.29) is 17.1 Å². The molecule has 1 unspecified atom stereocenters. The fourth-order valence-corrected chi connectivity index (χ4v) is 3.60. The number of benzene rings is 1. The van der Waals surface area contributed by atoms with Crippen LogP contribution < -0.4 is 10.2 Å². The molecular formula is C19H19F3N6O. The number of hydrogen-bond acceptors (Lipinski definition) is 5. The lowest BCUT2D eigenvalue weighted by atomic mass is 10.1. The molecule has 7 nitrogen and oxygen atoms in total. The van der Waals surface area contributed by atoms with Gasteiger partial charge in [0.25, 0.3) is 0 Å². The molecule has 1 aromatic carbocycles. The number of nitrogens with one attached hydrogen (secondary N) is 1. The summed E-state index contributed by atoms with van der Waals surface area (Å²) in [4.78, 5) is 26.6. The van der Waals surface area contributed by atoms with Gasteiger partial charge >= 0.3 is 6.18 Å². The van der Waals surface area contributed by atoms with E-state index < -0.39 is 24.5 Å². The second-order valence-corrected chi connectivity index (χ2v) is 6.91. The highest BCUT2D eigenvalue weighted by Gasteiger charge is 2.38. The van der Waals surface area contributed by atoms with Crippen LogP contribution in [0.25, 0.3) is 11.0 Å². The van der Waals surface area contributed by atoms with Crippen molar-refractivity contribution in [3.63, 3.8) is 0 Å². The van der Waals surface area contributed by atoms with Gasteiger partial charge in [-0.2, -0.15) is 13.2 Å². The number of piperidine rings is 1. The van der Waals surface area contributed by atoms with Crippen molar-refractivity contribution < 1.29 is 18.0 Å². The third-order valence-corrected chi connectivity index (χ3v) is 4.83. The highest BCUT2D eigenvalue weighted by molar-refractivity contribution is 5.81. The van der Waals surface area contributed by atoms with Crippen LogP contribution in [0.2, 0.25) is 0 Å². The summed E-state index contributed by atoms with van der Waals surface area (Å²) in [5.41, 5.74) is 0.482.